The molecule has 3 heterocycles. The fraction of sp³-hybridized carbons (Fsp3) is 0.947. The van der Waals surface area contributed by atoms with Gasteiger partial charge in [-0.05, 0) is 38.0 Å². The molecule has 0 aromatic carbocycles. The van der Waals surface area contributed by atoms with Crippen molar-refractivity contribution >= 4 is 5.91 Å². The van der Waals surface area contributed by atoms with Crippen LogP contribution in [0.4, 0.5) is 17.6 Å². The summed E-state index contributed by atoms with van der Waals surface area (Å²) < 4.78 is 59.3. The standard InChI is InChI=1S/C19H30F4N4O3/c20-12-3-4-14(19(21,22)23)11(6-12)9-27-10-13(8-24-27)25-18(28)15-7-17(30-26-15)16-2-1-5-29-16/h11-17,24,26H,1-10H2,(H,25,28). The van der Waals surface area contributed by atoms with Crippen molar-refractivity contribution in [3.8, 4) is 0 Å². The lowest BCUT2D eigenvalue weighted by Gasteiger charge is -2.36. The fourth-order valence-corrected chi connectivity index (χ4v) is 5.08. The van der Waals surface area contributed by atoms with Gasteiger partial charge in [-0.3, -0.25) is 15.1 Å². The van der Waals surface area contributed by atoms with Crippen molar-refractivity contribution in [2.24, 2.45) is 11.8 Å². The minimum absolute atomic E-state index is 0.00957. The summed E-state index contributed by atoms with van der Waals surface area (Å²) in [5, 5.41) is 4.61. The Hall–Kier alpha value is -1.01. The molecule has 11 heteroatoms. The van der Waals surface area contributed by atoms with Gasteiger partial charge in [-0.1, -0.05) is 0 Å². The second-order valence-corrected chi connectivity index (χ2v) is 8.91. The highest BCUT2D eigenvalue weighted by Gasteiger charge is 2.48. The van der Waals surface area contributed by atoms with Crippen molar-refractivity contribution in [1.29, 1.82) is 0 Å². The van der Waals surface area contributed by atoms with Crippen molar-refractivity contribution in [3.05, 3.63) is 0 Å². The van der Waals surface area contributed by atoms with Gasteiger partial charge in [0.1, 0.15) is 18.3 Å². The monoisotopic (exact) mass is 438 g/mol. The van der Waals surface area contributed by atoms with Crippen LogP contribution in [0.25, 0.3) is 0 Å². The smallest absolute Gasteiger partial charge is 0.375 e. The molecule has 0 radical (unpaired) electrons. The molecular weight excluding hydrogens is 408 g/mol. The van der Waals surface area contributed by atoms with E-state index in [0.717, 1.165) is 12.8 Å². The molecule has 4 aliphatic rings. The molecule has 30 heavy (non-hydrogen) atoms. The number of hydrazine groups is 1. The third kappa shape index (κ3) is 5.24. The third-order valence-corrected chi connectivity index (χ3v) is 6.67. The first kappa shape index (κ1) is 22.2. The van der Waals surface area contributed by atoms with Gasteiger partial charge in [-0.15, -0.1) is 0 Å². The molecule has 7 nitrogen and oxygen atoms in total. The molecule has 1 amide bonds. The number of ether oxygens (including phenoxy) is 1. The second-order valence-electron chi connectivity index (χ2n) is 8.91. The van der Waals surface area contributed by atoms with E-state index in [1.807, 2.05) is 0 Å². The van der Waals surface area contributed by atoms with Crippen LogP contribution in [0.3, 0.4) is 0 Å². The molecule has 1 saturated carbocycles. The van der Waals surface area contributed by atoms with E-state index in [1.54, 1.807) is 5.01 Å². The Bertz CT molecular complexity index is 605. The molecule has 1 aliphatic carbocycles. The number of amides is 1. The van der Waals surface area contributed by atoms with Crippen LogP contribution in [0.5, 0.6) is 0 Å². The number of carbonyl (C=O) groups is 1. The number of alkyl halides is 4. The summed E-state index contributed by atoms with van der Waals surface area (Å²) in [5.74, 6) is -2.46. The van der Waals surface area contributed by atoms with Crippen molar-refractivity contribution in [1.82, 2.24) is 21.2 Å². The summed E-state index contributed by atoms with van der Waals surface area (Å²) >= 11 is 0. The fourth-order valence-electron chi connectivity index (χ4n) is 5.08. The van der Waals surface area contributed by atoms with E-state index in [9.17, 15) is 22.4 Å². The van der Waals surface area contributed by atoms with Gasteiger partial charge in [0, 0.05) is 32.7 Å². The second kappa shape index (κ2) is 9.23. The SMILES string of the molecule is O=C(NC1CNN(CC2CC(F)CCC2C(F)(F)F)C1)C1CC(C2CCCO2)ON1. The highest BCUT2D eigenvalue weighted by atomic mass is 19.4. The minimum atomic E-state index is -4.31. The Morgan fingerprint density at radius 1 is 1.17 bits per heavy atom. The largest absolute Gasteiger partial charge is 0.392 e. The van der Waals surface area contributed by atoms with Gasteiger partial charge in [-0.2, -0.15) is 18.7 Å². The highest BCUT2D eigenvalue weighted by molar-refractivity contribution is 5.82. The molecule has 3 N–H and O–H groups in total. The van der Waals surface area contributed by atoms with E-state index in [0.29, 0.717) is 26.1 Å². The summed E-state index contributed by atoms with van der Waals surface area (Å²) in [5.41, 5.74) is 5.82. The Morgan fingerprint density at radius 2 is 2.00 bits per heavy atom. The summed E-state index contributed by atoms with van der Waals surface area (Å²) in [4.78, 5) is 18.1. The molecule has 4 fully saturated rings. The Balaban J connectivity index is 1.23. The van der Waals surface area contributed by atoms with E-state index < -0.39 is 30.2 Å². The summed E-state index contributed by atoms with van der Waals surface area (Å²) in [7, 11) is 0. The van der Waals surface area contributed by atoms with Crippen LogP contribution >= 0.6 is 0 Å². The average Bonchev–Trinajstić information content (AvgIpc) is 3.42. The van der Waals surface area contributed by atoms with Crippen LogP contribution in [-0.2, 0) is 14.4 Å². The Kier molecular flexibility index (Phi) is 6.83. The Morgan fingerprint density at radius 3 is 2.73 bits per heavy atom. The average molecular weight is 438 g/mol. The number of nitrogens with zero attached hydrogens (tertiary/aromatic N) is 1. The maximum Gasteiger partial charge on any atom is 0.392 e. The zero-order chi connectivity index (χ0) is 21.3. The minimum Gasteiger partial charge on any atom is -0.375 e. The van der Waals surface area contributed by atoms with Crippen molar-refractivity contribution in [2.45, 2.75) is 75.2 Å². The van der Waals surface area contributed by atoms with E-state index in [-0.39, 0.29) is 50.0 Å². The van der Waals surface area contributed by atoms with Crippen molar-refractivity contribution in [2.75, 3.05) is 26.2 Å². The number of hydrogen-bond donors (Lipinski definition) is 3. The van der Waals surface area contributed by atoms with Gasteiger partial charge in [0.15, 0.2) is 0 Å². The molecule has 7 unspecified atom stereocenters. The molecule has 0 spiro atoms. The molecule has 0 aromatic heterocycles. The number of hydroxylamine groups is 1. The van der Waals surface area contributed by atoms with Gasteiger partial charge < -0.3 is 10.1 Å². The number of rotatable bonds is 5. The topological polar surface area (TPSA) is 74.9 Å². The van der Waals surface area contributed by atoms with Gasteiger partial charge >= 0.3 is 6.18 Å². The zero-order valence-corrected chi connectivity index (χ0v) is 16.8. The van der Waals surface area contributed by atoms with E-state index in [2.05, 4.69) is 16.2 Å². The lowest BCUT2D eigenvalue weighted by molar-refractivity contribution is -0.201. The lowest BCUT2D eigenvalue weighted by Crippen LogP contribution is -2.47. The van der Waals surface area contributed by atoms with Crippen LogP contribution in [-0.4, -0.2) is 73.8 Å². The molecular formula is C19H30F4N4O3. The van der Waals surface area contributed by atoms with Crippen LogP contribution < -0.4 is 16.2 Å². The molecule has 4 rings (SSSR count). The van der Waals surface area contributed by atoms with Crippen LogP contribution in [0.15, 0.2) is 0 Å². The normalized spacial score (nSPS) is 40.7. The molecule has 0 bridgehead atoms. The summed E-state index contributed by atoms with van der Waals surface area (Å²) in [6, 6.07) is -0.705. The quantitative estimate of drug-likeness (QED) is 0.565. The van der Waals surface area contributed by atoms with Gasteiger partial charge in [0.25, 0.3) is 0 Å². The first-order valence-corrected chi connectivity index (χ1v) is 10.8. The lowest BCUT2D eigenvalue weighted by atomic mass is 9.77. The molecule has 3 aliphatic heterocycles. The predicted molar refractivity (Wildman–Crippen MR) is 98.7 cm³/mol. The number of nitrogens with one attached hydrogen (secondary N) is 3. The van der Waals surface area contributed by atoms with Gasteiger partial charge in [0.2, 0.25) is 5.91 Å². The predicted octanol–water partition coefficient (Wildman–Crippen LogP) is 1.45. The van der Waals surface area contributed by atoms with Crippen LogP contribution in [0, 0.1) is 11.8 Å². The number of carbonyl (C=O) groups excluding carboxylic acids is 1. The molecule has 172 valence electrons. The van der Waals surface area contributed by atoms with Gasteiger partial charge in [-0.25, -0.2) is 9.40 Å². The third-order valence-electron chi connectivity index (χ3n) is 6.67. The first-order valence-electron chi connectivity index (χ1n) is 10.8. The molecule has 0 aromatic rings. The van der Waals surface area contributed by atoms with Gasteiger partial charge in [0.05, 0.1) is 18.1 Å². The maximum atomic E-state index is 13.7. The van der Waals surface area contributed by atoms with Crippen LogP contribution in [0.2, 0.25) is 0 Å². The van der Waals surface area contributed by atoms with Crippen LogP contribution in [0.1, 0.15) is 38.5 Å². The molecule has 7 atom stereocenters. The number of halogens is 4. The summed E-state index contributed by atoms with van der Waals surface area (Å²) in [6.07, 6.45) is -3.48. The van der Waals surface area contributed by atoms with Crippen molar-refractivity contribution < 1.29 is 31.9 Å². The summed E-state index contributed by atoms with van der Waals surface area (Å²) in [6.45, 7) is 1.64. The Labute approximate surface area is 173 Å². The van der Waals surface area contributed by atoms with E-state index in [1.165, 1.54) is 0 Å². The highest BCUT2D eigenvalue weighted by Crippen LogP contribution is 2.42. The maximum absolute atomic E-state index is 13.7. The van der Waals surface area contributed by atoms with E-state index in [4.69, 9.17) is 9.57 Å². The molecule has 3 saturated heterocycles. The zero-order valence-electron chi connectivity index (χ0n) is 16.8. The first-order chi connectivity index (χ1) is 14.3. The van der Waals surface area contributed by atoms with E-state index >= 15 is 0 Å². The van der Waals surface area contributed by atoms with Crippen molar-refractivity contribution in [3.63, 3.8) is 0 Å². The number of hydrogen-bond acceptors (Lipinski definition) is 6.